The molecule has 2 amide bonds. The van der Waals surface area contributed by atoms with Gasteiger partial charge in [-0.3, -0.25) is 9.59 Å². The molecule has 0 saturated heterocycles. The summed E-state index contributed by atoms with van der Waals surface area (Å²) < 4.78 is 5.45. The van der Waals surface area contributed by atoms with Crippen molar-refractivity contribution in [3.05, 3.63) is 95.9 Å². The number of carbonyl (C=O) groups excluding carboxylic acids is 2. The quantitative estimate of drug-likeness (QED) is 0.440. The lowest BCUT2D eigenvalue weighted by Crippen LogP contribution is -2.46. The first-order chi connectivity index (χ1) is 15.0. The zero-order valence-electron chi connectivity index (χ0n) is 17.8. The van der Waals surface area contributed by atoms with Crippen LogP contribution in [-0.4, -0.2) is 34.2 Å². The van der Waals surface area contributed by atoms with Crippen molar-refractivity contribution in [2.75, 3.05) is 6.54 Å². The first kappa shape index (κ1) is 22.6. The summed E-state index contributed by atoms with van der Waals surface area (Å²) in [7, 11) is 0. The van der Waals surface area contributed by atoms with Crippen molar-refractivity contribution in [3.8, 4) is 0 Å². The maximum atomic E-state index is 13.3. The predicted molar refractivity (Wildman–Crippen MR) is 121 cm³/mol. The van der Waals surface area contributed by atoms with Crippen LogP contribution in [0.15, 0.2) is 83.5 Å². The Morgan fingerprint density at radius 3 is 2.13 bits per heavy atom. The van der Waals surface area contributed by atoms with E-state index in [1.165, 1.54) is 4.90 Å². The van der Waals surface area contributed by atoms with E-state index in [1.807, 2.05) is 80.6 Å². The molecule has 0 aliphatic rings. The third-order valence-corrected chi connectivity index (χ3v) is 5.46. The van der Waals surface area contributed by atoms with Crippen LogP contribution in [0.2, 0.25) is 0 Å². The van der Waals surface area contributed by atoms with Crippen LogP contribution >= 0.6 is 11.6 Å². The van der Waals surface area contributed by atoms with E-state index >= 15 is 0 Å². The van der Waals surface area contributed by atoms with Gasteiger partial charge in [-0.2, -0.15) is 0 Å². The van der Waals surface area contributed by atoms with Crippen molar-refractivity contribution in [2.24, 2.45) is 0 Å². The molecule has 1 aromatic heterocycles. The minimum atomic E-state index is -0.843. The Hall–Kier alpha value is -3.05. The molecule has 0 spiro atoms. The fourth-order valence-electron chi connectivity index (χ4n) is 3.30. The zero-order chi connectivity index (χ0) is 22.2. The number of benzene rings is 2. The SMILES string of the molecule is CC(C)N(CC(=O)N(Cc1ccccc1)Cc1ccco1)C(=O)C(Cl)c1ccccc1. The van der Waals surface area contributed by atoms with Gasteiger partial charge < -0.3 is 14.2 Å². The molecule has 0 fully saturated rings. The van der Waals surface area contributed by atoms with Gasteiger partial charge in [0.25, 0.3) is 0 Å². The van der Waals surface area contributed by atoms with Crippen molar-refractivity contribution in [1.82, 2.24) is 9.80 Å². The predicted octanol–water partition coefficient (Wildman–Crippen LogP) is 5.03. The van der Waals surface area contributed by atoms with E-state index in [-0.39, 0.29) is 24.4 Å². The van der Waals surface area contributed by atoms with Gasteiger partial charge in [0, 0.05) is 12.6 Å². The summed E-state index contributed by atoms with van der Waals surface area (Å²) in [5, 5.41) is -0.843. The van der Waals surface area contributed by atoms with Crippen molar-refractivity contribution >= 4 is 23.4 Å². The first-order valence-electron chi connectivity index (χ1n) is 10.3. The highest BCUT2D eigenvalue weighted by Gasteiger charge is 2.29. The summed E-state index contributed by atoms with van der Waals surface area (Å²) in [5.41, 5.74) is 1.72. The smallest absolute Gasteiger partial charge is 0.245 e. The molecular weight excluding hydrogens is 412 g/mol. The summed E-state index contributed by atoms with van der Waals surface area (Å²) in [6, 6.07) is 22.4. The number of furan rings is 1. The molecule has 0 radical (unpaired) electrons. The monoisotopic (exact) mass is 438 g/mol. The fourth-order valence-corrected chi connectivity index (χ4v) is 3.57. The second kappa shape index (κ2) is 10.8. The molecule has 5 nitrogen and oxygen atoms in total. The maximum absolute atomic E-state index is 13.3. The van der Waals surface area contributed by atoms with Gasteiger partial charge in [0.15, 0.2) is 0 Å². The Balaban J connectivity index is 1.77. The summed E-state index contributed by atoms with van der Waals surface area (Å²) in [6.07, 6.45) is 1.59. The number of halogens is 1. The minimum Gasteiger partial charge on any atom is -0.467 e. The van der Waals surface area contributed by atoms with Crippen LogP contribution < -0.4 is 0 Å². The lowest BCUT2D eigenvalue weighted by molar-refractivity contribution is -0.142. The second-order valence-electron chi connectivity index (χ2n) is 7.65. The average molecular weight is 439 g/mol. The van der Waals surface area contributed by atoms with E-state index in [0.717, 1.165) is 5.56 Å². The number of nitrogens with zero attached hydrogens (tertiary/aromatic N) is 2. The van der Waals surface area contributed by atoms with Gasteiger partial charge in [0.05, 0.1) is 12.8 Å². The molecule has 162 valence electrons. The number of alkyl halides is 1. The molecule has 1 unspecified atom stereocenters. The van der Waals surface area contributed by atoms with Crippen LogP contribution in [0.4, 0.5) is 0 Å². The molecule has 0 N–H and O–H groups in total. The average Bonchev–Trinajstić information content (AvgIpc) is 3.30. The fraction of sp³-hybridized carbons (Fsp3) is 0.280. The van der Waals surface area contributed by atoms with Crippen molar-refractivity contribution in [1.29, 1.82) is 0 Å². The summed E-state index contributed by atoms with van der Waals surface area (Å²) in [4.78, 5) is 29.7. The van der Waals surface area contributed by atoms with Gasteiger partial charge in [-0.1, -0.05) is 60.7 Å². The van der Waals surface area contributed by atoms with Gasteiger partial charge in [0.1, 0.15) is 17.7 Å². The van der Waals surface area contributed by atoms with Gasteiger partial charge in [0.2, 0.25) is 11.8 Å². The highest BCUT2D eigenvalue weighted by atomic mass is 35.5. The molecule has 6 heteroatoms. The molecule has 1 heterocycles. The Labute approximate surface area is 188 Å². The number of hydrogen-bond donors (Lipinski definition) is 0. The third-order valence-electron chi connectivity index (χ3n) is 5.02. The molecule has 0 saturated carbocycles. The summed E-state index contributed by atoms with van der Waals surface area (Å²) in [5.74, 6) is 0.235. The van der Waals surface area contributed by atoms with E-state index < -0.39 is 5.38 Å². The number of carbonyl (C=O) groups is 2. The summed E-state index contributed by atoms with van der Waals surface area (Å²) in [6.45, 7) is 4.45. The molecule has 2 aromatic carbocycles. The number of amides is 2. The molecule has 0 aliphatic carbocycles. The first-order valence-corrected chi connectivity index (χ1v) is 10.7. The van der Waals surface area contributed by atoms with Gasteiger partial charge in [-0.05, 0) is 37.1 Å². The van der Waals surface area contributed by atoms with Crippen molar-refractivity contribution in [2.45, 2.75) is 38.4 Å². The van der Waals surface area contributed by atoms with E-state index in [9.17, 15) is 9.59 Å². The molecule has 0 bridgehead atoms. The van der Waals surface area contributed by atoms with Crippen LogP contribution in [0.1, 0.15) is 36.1 Å². The number of rotatable bonds is 9. The molecule has 3 aromatic rings. The Kier molecular flexibility index (Phi) is 7.90. The largest absolute Gasteiger partial charge is 0.467 e. The highest BCUT2D eigenvalue weighted by molar-refractivity contribution is 6.30. The topological polar surface area (TPSA) is 53.8 Å². The lowest BCUT2D eigenvalue weighted by Gasteiger charge is -2.31. The second-order valence-corrected chi connectivity index (χ2v) is 8.08. The van der Waals surface area contributed by atoms with E-state index in [0.29, 0.717) is 24.4 Å². The number of hydrogen-bond acceptors (Lipinski definition) is 3. The lowest BCUT2D eigenvalue weighted by atomic mass is 10.1. The van der Waals surface area contributed by atoms with Crippen LogP contribution in [0.3, 0.4) is 0 Å². The van der Waals surface area contributed by atoms with Crippen LogP contribution in [0.5, 0.6) is 0 Å². The summed E-state index contributed by atoms with van der Waals surface area (Å²) >= 11 is 6.47. The van der Waals surface area contributed by atoms with Gasteiger partial charge in [-0.15, -0.1) is 11.6 Å². The van der Waals surface area contributed by atoms with Crippen molar-refractivity contribution in [3.63, 3.8) is 0 Å². The molecule has 31 heavy (non-hydrogen) atoms. The minimum absolute atomic E-state index is 0.0555. The molecule has 1 atom stereocenters. The highest BCUT2D eigenvalue weighted by Crippen LogP contribution is 2.24. The van der Waals surface area contributed by atoms with Crippen LogP contribution in [0.25, 0.3) is 0 Å². The standard InChI is InChI=1S/C25H27ClN2O3/c1-19(2)28(25(30)24(26)21-12-7-4-8-13-21)18-23(29)27(17-22-14-9-15-31-22)16-20-10-5-3-6-11-20/h3-15,19,24H,16-18H2,1-2H3. The van der Waals surface area contributed by atoms with E-state index in [2.05, 4.69) is 0 Å². The molecular formula is C25H27ClN2O3. The molecule has 0 aliphatic heterocycles. The molecule has 3 rings (SSSR count). The third kappa shape index (κ3) is 6.22. The van der Waals surface area contributed by atoms with Gasteiger partial charge in [-0.25, -0.2) is 0 Å². The van der Waals surface area contributed by atoms with E-state index in [1.54, 1.807) is 17.2 Å². The van der Waals surface area contributed by atoms with Crippen LogP contribution in [-0.2, 0) is 22.7 Å². The normalized spacial score (nSPS) is 11.9. The van der Waals surface area contributed by atoms with Crippen molar-refractivity contribution < 1.29 is 14.0 Å². The van der Waals surface area contributed by atoms with E-state index in [4.69, 9.17) is 16.0 Å². The Morgan fingerprint density at radius 2 is 1.55 bits per heavy atom. The maximum Gasteiger partial charge on any atom is 0.245 e. The van der Waals surface area contributed by atoms with Crippen LogP contribution in [0, 0.1) is 0 Å². The Bertz CT molecular complexity index is 959. The van der Waals surface area contributed by atoms with Gasteiger partial charge >= 0.3 is 0 Å². The Morgan fingerprint density at radius 1 is 0.903 bits per heavy atom. The zero-order valence-corrected chi connectivity index (χ0v) is 18.5.